The summed E-state index contributed by atoms with van der Waals surface area (Å²) in [6.45, 7) is 0.842. The highest BCUT2D eigenvalue weighted by atomic mass is 19.3. The molecular weight excluding hydrogens is 155 g/mol. The van der Waals surface area contributed by atoms with Crippen LogP contribution in [0.25, 0.3) is 0 Å². The van der Waals surface area contributed by atoms with Crippen LogP contribution in [0.4, 0.5) is 22.0 Å². The summed E-state index contributed by atoms with van der Waals surface area (Å²) in [6, 6.07) is 0. The molecule has 0 aliphatic heterocycles. The van der Waals surface area contributed by atoms with E-state index in [1.54, 1.807) is 0 Å². The summed E-state index contributed by atoms with van der Waals surface area (Å²) in [5, 5.41) is 0. The second-order valence-corrected chi connectivity index (χ2v) is 2.15. The van der Waals surface area contributed by atoms with Gasteiger partial charge in [0.2, 0.25) is 0 Å². The van der Waals surface area contributed by atoms with E-state index >= 15 is 0 Å². The monoisotopic (exact) mass is 159 g/mol. The minimum Gasteiger partial charge on any atom is -0.230 e. The minimum atomic E-state index is -4.51. The maximum absolute atomic E-state index is 12.2. The quantitative estimate of drug-likeness (QED) is 0.514. The van der Waals surface area contributed by atoms with Crippen LogP contribution in [0.3, 0.4) is 0 Å². The molecule has 0 amide bonds. The summed E-state index contributed by atoms with van der Waals surface area (Å²) in [5.74, 6) is -9.01. The molecule has 0 spiro atoms. The zero-order valence-corrected chi connectivity index (χ0v) is 4.97. The van der Waals surface area contributed by atoms with Gasteiger partial charge in [-0.05, 0) is 0 Å². The van der Waals surface area contributed by atoms with Crippen LogP contribution in [0.2, 0.25) is 0 Å². The predicted octanol–water partition coefficient (Wildman–Crippen LogP) is 2.20. The molecule has 10 heavy (non-hydrogen) atoms. The van der Waals surface area contributed by atoms with Crippen LogP contribution in [0.15, 0.2) is 0 Å². The fourth-order valence-corrected chi connectivity index (χ4v) is 0.769. The van der Waals surface area contributed by atoms with Crippen molar-refractivity contribution >= 4 is 0 Å². The average molecular weight is 159 g/mol. The maximum atomic E-state index is 12.2. The zero-order chi connectivity index (χ0) is 8.21. The van der Waals surface area contributed by atoms with E-state index in [2.05, 4.69) is 0 Å². The third-order valence-corrected chi connectivity index (χ3v) is 1.64. The van der Waals surface area contributed by atoms with Gasteiger partial charge >= 0.3 is 11.8 Å². The highest BCUT2D eigenvalue weighted by Crippen LogP contribution is 2.69. The number of rotatable bonds is 1. The molecule has 1 radical (unpaired) electrons. The molecular formula is C5H4F5. The van der Waals surface area contributed by atoms with Crippen molar-refractivity contribution in [3.05, 3.63) is 6.42 Å². The first-order valence-corrected chi connectivity index (χ1v) is 2.56. The Morgan fingerprint density at radius 1 is 0.900 bits per heavy atom. The van der Waals surface area contributed by atoms with E-state index in [0.29, 0.717) is 0 Å². The Morgan fingerprint density at radius 2 is 1.20 bits per heavy atom. The number of halogens is 5. The fraction of sp³-hybridized carbons (Fsp3) is 0.800. The van der Waals surface area contributed by atoms with Gasteiger partial charge in [-0.25, -0.2) is 4.39 Å². The van der Waals surface area contributed by atoms with E-state index in [1.165, 1.54) is 0 Å². The van der Waals surface area contributed by atoms with Crippen molar-refractivity contribution in [3.63, 3.8) is 0 Å². The molecule has 0 bridgehead atoms. The molecule has 0 saturated heterocycles. The molecule has 1 fully saturated rings. The van der Waals surface area contributed by atoms with Crippen LogP contribution in [-0.2, 0) is 0 Å². The molecule has 0 unspecified atom stereocenters. The molecule has 0 heterocycles. The smallest absolute Gasteiger partial charge is 0.230 e. The summed E-state index contributed by atoms with van der Waals surface area (Å²) in [7, 11) is 0. The molecule has 0 atom stereocenters. The van der Waals surface area contributed by atoms with Gasteiger partial charge in [0.05, 0.1) is 0 Å². The normalized spacial score (nSPS) is 31.8. The minimum absolute atomic E-state index is 0.188. The Kier molecular flexibility index (Phi) is 1.13. The first-order chi connectivity index (χ1) is 4.31. The van der Waals surface area contributed by atoms with Crippen LogP contribution in [0.1, 0.15) is 6.92 Å². The van der Waals surface area contributed by atoms with Gasteiger partial charge in [-0.2, -0.15) is 17.6 Å². The van der Waals surface area contributed by atoms with Crippen molar-refractivity contribution in [1.82, 2.24) is 0 Å². The Hall–Kier alpha value is -0.350. The Labute approximate surface area is 54.0 Å². The summed E-state index contributed by atoms with van der Waals surface area (Å²) >= 11 is 0. The topological polar surface area (TPSA) is 0 Å². The van der Waals surface area contributed by atoms with Crippen LogP contribution in [0, 0.1) is 6.42 Å². The fourth-order valence-electron chi connectivity index (χ4n) is 0.769. The van der Waals surface area contributed by atoms with E-state index < -0.39 is 17.5 Å². The van der Waals surface area contributed by atoms with Crippen LogP contribution in [0.5, 0.6) is 0 Å². The lowest BCUT2D eigenvalue weighted by atomic mass is 10.3. The molecule has 0 aromatic carbocycles. The third-order valence-electron chi connectivity index (χ3n) is 1.64. The molecule has 1 saturated carbocycles. The first-order valence-electron chi connectivity index (χ1n) is 2.56. The van der Waals surface area contributed by atoms with Crippen LogP contribution in [-0.4, -0.2) is 17.5 Å². The molecule has 0 nitrogen and oxygen atoms in total. The average Bonchev–Trinajstić information content (AvgIpc) is 2.11. The van der Waals surface area contributed by atoms with Gasteiger partial charge in [0, 0.05) is 6.42 Å². The highest BCUT2D eigenvalue weighted by Gasteiger charge is 2.97. The molecule has 1 aliphatic rings. The van der Waals surface area contributed by atoms with Gasteiger partial charge in [-0.3, -0.25) is 0 Å². The SMILES string of the molecule is C[CH]C1(F)C(F)(F)C1(F)F. The summed E-state index contributed by atoms with van der Waals surface area (Å²) in [4.78, 5) is 0. The van der Waals surface area contributed by atoms with E-state index in [1.807, 2.05) is 0 Å². The first kappa shape index (κ1) is 7.75. The molecule has 59 valence electrons. The Morgan fingerprint density at radius 3 is 1.20 bits per heavy atom. The van der Waals surface area contributed by atoms with Gasteiger partial charge in [-0.1, -0.05) is 6.92 Å². The van der Waals surface area contributed by atoms with E-state index in [4.69, 9.17) is 0 Å². The predicted molar refractivity (Wildman–Crippen MR) is 23.7 cm³/mol. The molecule has 5 heteroatoms. The lowest BCUT2D eigenvalue weighted by Crippen LogP contribution is -2.11. The van der Waals surface area contributed by atoms with Crippen molar-refractivity contribution in [2.45, 2.75) is 24.4 Å². The molecule has 0 N–H and O–H groups in total. The molecule has 0 aromatic heterocycles. The third kappa shape index (κ3) is 0.443. The van der Waals surface area contributed by atoms with Crippen LogP contribution >= 0.6 is 0 Å². The van der Waals surface area contributed by atoms with Crippen LogP contribution < -0.4 is 0 Å². The Balaban J connectivity index is 2.90. The van der Waals surface area contributed by atoms with Gasteiger partial charge in [0.25, 0.3) is 5.67 Å². The zero-order valence-electron chi connectivity index (χ0n) is 4.97. The summed E-state index contributed by atoms with van der Waals surface area (Å²) in [6.07, 6.45) is 0.188. The van der Waals surface area contributed by atoms with Crippen molar-refractivity contribution in [1.29, 1.82) is 0 Å². The lowest BCUT2D eigenvalue weighted by molar-refractivity contribution is -0.0278. The van der Waals surface area contributed by atoms with E-state index in [9.17, 15) is 22.0 Å². The van der Waals surface area contributed by atoms with Gasteiger partial charge in [0.1, 0.15) is 0 Å². The Bertz CT molecular complexity index is 147. The van der Waals surface area contributed by atoms with Gasteiger partial charge in [0.15, 0.2) is 0 Å². The van der Waals surface area contributed by atoms with E-state index in [-0.39, 0.29) is 6.42 Å². The standard InChI is InChI=1S/C5H4F5/c1-2-3(6)4(7,8)5(3,9)10/h2H,1H3. The van der Waals surface area contributed by atoms with Crippen molar-refractivity contribution < 1.29 is 22.0 Å². The van der Waals surface area contributed by atoms with Crippen molar-refractivity contribution in [2.75, 3.05) is 0 Å². The molecule has 0 aromatic rings. The number of alkyl halides is 5. The number of hydrogen-bond acceptors (Lipinski definition) is 0. The lowest BCUT2D eigenvalue weighted by Gasteiger charge is -1.95. The summed E-state index contributed by atoms with van der Waals surface area (Å²) in [5.41, 5.74) is -3.71. The second kappa shape index (κ2) is 1.46. The van der Waals surface area contributed by atoms with Crippen molar-refractivity contribution in [3.8, 4) is 0 Å². The van der Waals surface area contributed by atoms with Gasteiger partial charge < -0.3 is 0 Å². The maximum Gasteiger partial charge on any atom is 0.353 e. The summed E-state index contributed by atoms with van der Waals surface area (Å²) < 4.78 is 59.4. The van der Waals surface area contributed by atoms with Crippen molar-refractivity contribution in [2.24, 2.45) is 0 Å². The second-order valence-electron chi connectivity index (χ2n) is 2.15. The molecule has 1 aliphatic carbocycles. The largest absolute Gasteiger partial charge is 0.353 e. The number of hydrogen-bond donors (Lipinski definition) is 0. The van der Waals surface area contributed by atoms with Gasteiger partial charge in [-0.15, -0.1) is 0 Å². The van der Waals surface area contributed by atoms with E-state index in [0.717, 1.165) is 6.92 Å². The highest BCUT2D eigenvalue weighted by molar-refractivity contribution is 5.33. The molecule has 1 rings (SSSR count).